The van der Waals surface area contributed by atoms with Gasteiger partial charge in [0.15, 0.2) is 23.3 Å². The van der Waals surface area contributed by atoms with Crippen LogP contribution in [0.3, 0.4) is 0 Å². The number of nitrogens with one attached hydrogen (secondary N) is 1. The second kappa shape index (κ2) is 6.49. The number of aromatic nitrogens is 1. The highest BCUT2D eigenvalue weighted by Crippen LogP contribution is 2.16. The molecule has 1 aromatic heterocycles. The quantitative estimate of drug-likeness (QED) is 0.767. The van der Waals surface area contributed by atoms with Crippen molar-refractivity contribution in [1.82, 2.24) is 9.88 Å². The zero-order valence-corrected chi connectivity index (χ0v) is 11.0. The first kappa shape index (κ1) is 14.6. The van der Waals surface area contributed by atoms with Gasteiger partial charge in [0.1, 0.15) is 0 Å². The van der Waals surface area contributed by atoms with E-state index in [0.29, 0.717) is 12.6 Å². The molecule has 18 heavy (non-hydrogen) atoms. The molecular formula is C12H20F2N4. The van der Waals surface area contributed by atoms with Gasteiger partial charge in [-0.05, 0) is 33.9 Å². The summed E-state index contributed by atoms with van der Waals surface area (Å²) in [6, 6.07) is 1.21. The Labute approximate surface area is 106 Å². The van der Waals surface area contributed by atoms with E-state index in [1.54, 1.807) is 0 Å². The molecule has 102 valence electrons. The Morgan fingerprint density at radius 1 is 1.39 bits per heavy atom. The highest BCUT2D eigenvalue weighted by molar-refractivity contribution is 5.44. The van der Waals surface area contributed by atoms with E-state index < -0.39 is 11.6 Å². The molecule has 0 spiro atoms. The van der Waals surface area contributed by atoms with Crippen LogP contribution in [0.2, 0.25) is 0 Å². The van der Waals surface area contributed by atoms with Crippen LogP contribution < -0.4 is 11.1 Å². The first-order chi connectivity index (χ1) is 8.41. The molecule has 0 aliphatic rings. The molecular weight excluding hydrogens is 238 g/mol. The molecule has 0 fully saturated rings. The molecule has 0 atom stereocenters. The fourth-order valence-electron chi connectivity index (χ4n) is 1.40. The maximum Gasteiger partial charge on any atom is 0.168 e. The third kappa shape index (κ3) is 4.10. The van der Waals surface area contributed by atoms with Crippen LogP contribution in [0.1, 0.15) is 20.3 Å². The fourth-order valence-corrected chi connectivity index (χ4v) is 1.40. The average molecular weight is 258 g/mol. The van der Waals surface area contributed by atoms with E-state index >= 15 is 0 Å². The van der Waals surface area contributed by atoms with Crippen molar-refractivity contribution in [3.63, 3.8) is 0 Å². The smallest absolute Gasteiger partial charge is 0.168 e. The number of rotatable bonds is 6. The normalized spacial score (nSPS) is 11.3. The predicted molar refractivity (Wildman–Crippen MR) is 69.4 cm³/mol. The van der Waals surface area contributed by atoms with E-state index in [1.807, 2.05) is 7.05 Å². The van der Waals surface area contributed by atoms with Gasteiger partial charge in [-0.3, -0.25) is 0 Å². The SMILES string of the molecule is CC(C)N(C)CCCNc1nc(N)c(F)cc1F. The predicted octanol–water partition coefficient (Wildman–Crippen LogP) is 2.08. The van der Waals surface area contributed by atoms with Crippen LogP contribution in [-0.4, -0.2) is 36.1 Å². The molecule has 0 radical (unpaired) electrons. The lowest BCUT2D eigenvalue weighted by atomic mass is 10.3. The van der Waals surface area contributed by atoms with Crippen LogP contribution in [0, 0.1) is 11.6 Å². The Kier molecular flexibility index (Phi) is 5.27. The van der Waals surface area contributed by atoms with Gasteiger partial charge in [-0.25, -0.2) is 13.8 Å². The van der Waals surface area contributed by atoms with Gasteiger partial charge < -0.3 is 16.0 Å². The lowest BCUT2D eigenvalue weighted by Crippen LogP contribution is -2.28. The molecule has 1 aromatic rings. The van der Waals surface area contributed by atoms with E-state index in [-0.39, 0.29) is 11.6 Å². The maximum absolute atomic E-state index is 13.3. The summed E-state index contributed by atoms with van der Waals surface area (Å²) >= 11 is 0. The van der Waals surface area contributed by atoms with E-state index in [9.17, 15) is 8.78 Å². The number of anilines is 2. The van der Waals surface area contributed by atoms with E-state index in [1.165, 1.54) is 0 Å². The van der Waals surface area contributed by atoms with Crippen molar-refractivity contribution >= 4 is 11.6 Å². The summed E-state index contributed by atoms with van der Waals surface area (Å²) < 4.78 is 26.2. The van der Waals surface area contributed by atoms with Crippen LogP contribution in [-0.2, 0) is 0 Å². The molecule has 0 aliphatic carbocycles. The largest absolute Gasteiger partial charge is 0.381 e. The number of nitrogen functional groups attached to an aromatic ring is 1. The van der Waals surface area contributed by atoms with E-state index in [2.05, 4.69) is 29.0 Å². The standard InChI is InChI=1S/C12H20F2N4/c1-8(2)18(3)6-4-5-16-12-10(14)7-9(13)11(15)17-12/h7-8H,4-6H2,1-3H3,(H3,15,16,17). The summed E-state index contributed by atoms with van der Waals surface area (Å²) in [5.41, 5.74) is 5.28. The summed E-state index contributed by atoms with van der Waals surface area (Å²) in [5, 5.41) is 2.82. The first-order valence-corrected chi connectivity index (χ1v) is 5.97. The molecule has 6 heteroatoms. The van der Waals surface area contributed by atoms with Crippen molar-refractivity contribution in [1.29, 1.82) is 0 Å². The Bertz CT molecular complexity index is 396. The summed E-state index contributed by atoms with van der Waals surface area (Å²) in [6.07, 6.45) is 0.840. The summed E-state index contributed by atoms with van der Waals surface area (Å²) in [7, 11) is 2.03. The maximum atomic E-state index is 13.3. The lowest BCUT2D eigenvalue weighted by molar-refractivity contribution is 0.273. The molecule has 4 nitrogen and oxygen atoms in total. The molecule has 0 bridgehead atoms. The third-order valence-corrected chi connectivity index (χ3v) is 2.82. The van der Waals surface area contributed by atoms with Crippen LogP contribution >= 0.6 is 0 Å². The number of halogens is 2. The summed E-state index contributed by atoms with van der Waals surface area (Å²) in [6.45, 7) is 5.67. The highest BCUT2D eigenvalue weighted by Gasteiger charge is 2.09. The molecule has 0 unspecified atom stereocenters. The van der Waals surface area contributed by atoms with Gasteiger partial charge in [-0.1, -0.05) is 0 Å². The van der Waals surface area contributed by atoms with Crippen LogP contribution in [0.25, 0.3) is 0 Å². The van der Waals surface area contributed by atoms with Gasteiger partial charge in [-0.2, -0.15) is 0 Å². The summed E-state index contributed by atoms with van der Waals surface area (Å²) in [5.74, 6) is -1.85. The molecule has 0 saturated heterocycles. The molecule has 1 rings (SSSR count). The van der Waals surface area contributed by atoms with Crippen molar-refractivity contribution in [2.75, 3.05) is 31.2 Å². The van der Waals surface area contributed by atoms with Crippen LogP contribution in [0.5, 0.6) is 0 Å². The monoisotopic (exact) mass is 258 g/mol. The van der Waals surface area contributed by atoms with Crippen molar-refractivity contribution in [3.8, 4) is 0 Å². The van der Waals surface area contributed by atoms with Crippen molar-refractivity contribution in [2.45, 2.75) is 26.3 Å². The number of nitrogens with zero attached hydrogens (tertiary/aromatic N) is 2. The van der Waals surface area contributed by atoms with Crippen molar-refractivity contribution in [2.24, 2.45) is 0 Å². The van der Waals surface area contributed by atoms with Crippen LogP contribution in [0.15, 0.2) is 6.07 Å². The second-order valence-corrected chi connectivity index (χ2v) is 4.54. The number of pyridine rings is 1. The second-order valence-electron chi connectivity index (χ2n) is 4.54. The molecule has 0 saturated carbocycles. The lowest BCUT2D eigenvalue weighted by Gasteiger charge is -2.20. The molecule has 0 aliphatic heterocycles. The fraction of sp³-hybridized carbons (Fsp3) is 0.583. The van der Waals surface area contributed by atoms with E-state index in [0.717, 1.165) is 19.0 Å². The topological polar surface area (TPSA) is 54.2 Å². The Balaban J connectivity index is 2.42. The number of hydrogen-bond donors (Lipinski definition) is 2. The van der Waals surface area contributed by atoms with Gasteiger partial charge in [0.25, 0.3) is 0 Å². The molecule has 1 heterocycles. The third-order valence-electron chi connectivity index (χ3n) is 2.82. The Morgan fingerprint density at radius 3 is 2.67 bits per heavy atom. The zero-order chi connectivity index (χ0) is 13.7. The Morgan fingerprint density at radius 2 is 2.06 bits per heavy atom. The molecule has 0 amide bonds. The highest BCUT2D eigenvalue weighted by atomic mass is 19.1. The minimum Gasteiger partial charge on any atom is -0.381 e. The van der Waals surface area contributed by atoms with Gasteiger partial charge in [-0.15, -0.1) is 0 Å². The van der Waals surface area contributed by atoms with Gasteiger partial charge in [0, 0.05) is 18.7 Å². The number of hydrogen-bond acceptors (Lipinski definition) is 4. The minimum atomic E-state index is -0.836. The average Bonchev–Trinajstić information content (AvgIpc) is 2.30. The summed E-state index contributed by atoms with van der Waals surface area (Å²) in [4.78, 5) is 5.81. The Hall–Kier alpha value is -1.43. The van der Waals surface area contributed by atoms with Crippen molar-refractivity contribution < 1.29 is 8.78 Å². The first-order valence-electron chi connectivity index (χ1n) is 5.97. The van der Waals surface area contributed by atoms with Crippen LogP contribution in [0.4, 0.5) is 20.4 Å². The molecule has 0 aromatic carbocycles. The van der Waals surface area contributed by atoms with Gasteiger partial charge in [0.05, 0.1) is 0 Å². The zero-order valence-electron chi connectivity index (χ0n) is 11.0. The molecule has 3 N–H and O–H groups in total. The van der Waals surface area contributed by atoms with E-state index in [4.69, 9.17) is 5.73 Å². The number of nitrogens with two attached hydrogens (primary N) is 1. The van der Waals surface area contributed by atoms with Crippen molar-refractivity contribution in [3.05, 3.63) is 17.7 Å². The van der Waals surface area contributed by atoms with Gasteiger partial charge in [0.2, 0.25) is 0 Å². The minimum absolute atomic E-state index is 0.00102. The van der Waals surface area contributed by atoms with Gasteiger partial charge >= 0.3 is 0 Å².